The molecule has 0 fully saturated rings. The van der Waals surface area contributed by atoms with E-state index in [0.29, 0.717) is 6.42 Å². The Morgan fingerprint density at radius 3 is 2.69 bits per heavy atom. The third-order valence-electron chi connectivity index (χ3n) is 1.30. The standard InChI is InChI=1S/C8H13N3O2/c1-3-4-6(2)10-5-7(12)11-8(9)13/h1,6,10H,4-5H2,2H3,(H3,9,11,12,13). The largest absolute Gasteiger partial charge is 0.351 e. The number of rotatable bonds is 4. The molecule has 1 unspecified atom stereocenters. The molecule has 72 valence electrons. The van der Waals surface area contributed by atoms with Gasteiger partial charge in [-0.1, -0.05) is 0 Å². The van der Waals surface area contributed by atoms with E-state index in [2.05, 4.69) is 11.2 Å². The third-order valence-corrected chi connectivity index (χ3v) is 1.30. The van der Waals surface area contributed by atoms with Gasteiger partial charge >= 0.3 is 6.03 Å². The normalized spacial score (nSPS) is 11.4. The molecule has 0 aliphatic heterocycles. The first-order valence-electron chi connectivity index (χ1n) is 3.82. The van der Waals surface area contributed by atoms with Gasteiger partial charge in [0.05, 0.1) is 6.54 Å². The van der Waals surface area contributed by atoms with Crippen LogP contribution in [0.3, 0.4) is 0 Å². The molecule has 0 radical (unpaired) electrons. The van der Waals surface area contributed by atoms with E-state index in [-0.39, 0.29) is 12.6 Å². The van der Waals surface area contributed by atoms with E-state index in [1.54, 1.807) is 0 Å². The van der Waals surface area contributed by atoms with E-state index in [9.17, 15) is 9.59 Å². The third kappa shape index (κ3) is 6.84. The molecule has 0 saturated carbocycles. The topological polar surface area (TPSA) is 84.2 Å². The summed E-state index contributed by atoms with van der Waals surface area (Å²) in [5, 5.41) is 4.75. The molecule has 5 nitrogen and oxygen atoms in total. The molecular weight excluding hydrogens is 170 g/mol. The van der Waals surface area contributed by atoms with Crippen molar-refractivity contribution in [3.8, 4) is 12.3 Å². The Balaban J connectivity index is 3.59. The fourth-order valence-corrected chi connectivity index (χ4v) is 0.697. The molecule has 0 heterocycles. The second-order valence-electron chi connectivity index (χ2n) is 2.60. The van der Waals surface area contributed by atoms with Gasteiger partial charge in [-0.25, -0.2) is 4.79 Å². The fraction of sp³-hybridized carbons (Fsp3) is 0.500. The summed E-state index contributed by atoms with van der Waals surface area (Å²) in [6.07, 6.45) is 5.58. The van der Waals surface area contributed by atoms with Crippen molar-refractivity contribution in [3.63, 3.8) is 0 Å². The van der Waals surface area contributed by atoms with Crippen LogP contribution in [0.5, 0.6) is 0 Å². The number of amides is 3. The molecule has 0 aromatic carbocycles. The van der Waals surface area contributed by atoms with Gasteiger partial charge in [0.25, 0.3) is 0 Å². The van der Waals surface area contributed by atoms with E-state index in [4.69, 9.17) is 12.2 Å². The van der Waals surface area contributed by atoms with Crippen molar-refractivity contribution in [1.82, 2.24) is 10.6 Å². The lowest BCUT2D eigenvalue weighted by Crippen LogP contribution is -2.42. The van der Waals surface area contributed by atoms with Gasteiger partial charge in [0.1, 0.15) is 0 Å². The predicted molar refractivity (Wildman–Crippen MR) is 48.6 cm³/mol. The van der Waals surface area contributed by atoms with Crippen LogP contribution >= 0.6 is 0 Å². The Morgan fingerprint density at radius 2 is 2.23 bits per heavy atom. The molecule has 0 rings (SSSR count). The minimum absolute atomic E-state index is 0.0335. The Labute approximate surface area is 77.1 Å². The highest BCUT2D eigenvalue weighted by molar-refractivity contribution is 5.94. The summed E-state index contributed by atoms with van der Waals surface area (Å²) in [5.41, 5.74) is 4.73. The summed E-state index contributed by atoms with van der Waals surface area (Å²) in [6.45, 7) is 1.88. The number of nitrogens with two attached hydrogens (primary N) is 1. The van der Waals surface area contributed by atoms with Crippen molar-refractivity contribution in [2.24, 2.45) is 5.73 Å². The number of imide groups is 1. The molecule has 3 amide bonds. The van der Waals surface area contributed by atoms with Gasteiger partial charge in [0, 0.05) is 12.5 Å². The summed E-state index contributed by atoms with van der Waals surface area (Å²) >= 11 is 0. The van der Waals surface area contributed by atoms with E-state index < -0.39 is 11.9 Å². The van der Waals surface area contributed by atoms with Gasteiger partial charge in [-0.05, 0) is 6.92 Å². The summed E-state index contributed by atoms with van der Waals surface area (Å²) in [4.78, 5) is 21.0. The highest BCUT2D eigenvalue weighted by Crippen LogP contribution is 1.85. The minimum atomic E-state index is -0.851. The number of primary amides is 1. The monoisotopic (exact) mass is 183 g/mol. The summed E-state index contributed by atoms with van der Waals surface area (Å²) in [7, 11) is 0. The number of hydrogen-bond donors (Lipinski definition) is 3. The molecule has 13 heavy (non-hydrogen) atoms. The highest BCUT2D eigenvalue weighted by Gasteiger charge is 2.05. The summed E-state index contributed by atoms with van der Waals surface area (Å²) in [6, 6.07) is -0.806. The first kappa shape index (κ1) is 11.5. The van der Waals surface area contributed by atoms with Crippen LogP contribution < -0.4 is 16.4 Å². The molecule has 0 aromatic rings. The van der Waals surface area contributed by atoms with Crippen LogP contribution in [0.1, 0.15) is 13.3 Å². The van der Waals surface area contributed by atoms with Gasteiger partial charge in [0.2, 0.25) is 5.91 Å². The molecular formula is C8H13N3O2. The smallest absolute Gasteiger partial charge is 0.318 e. The molecule has 0 aromatic heterocycles. The molecule has 0 spiro atoms. The molecule has 5 heteroatoms. The minimum Gasteiger partial charge on any atom is -0.351 e. The number of hydrogen-bond acceptors (Lipinski definition) is 3. The lowest BCUT2D eigenvalue weighted by molar-refractivity contribution is -0.119. The maximum Gasteiger partial charge on any atom is 0.318 e. The average Bonchev–Trinajstić information content (AvgIpc) is 2.00. The van der Waals surface area contributed by atoms with E-state index >= 15 is 0 Å². The Bertz CT molecular complexity index is 232. The van der Waals surface area contributed by atoms with Crippen molar-refractivity contribution < 1.29 is 9.59 Å². The quantitative estimate of drug-likeness (QED) is 0.498. The average molecular weight is 183 g/mol. The van der Waals surface area contributed by atoms with Gasteiger partial charge < -0.3 is 11.1 Å². The number of nitrogens with one attached hydrogen (secondary N) is 2. The fourth-order valence-electron chi connectivity index (χ4n) is 0.697. The molecule has 0 aliphatic rings. The highest BCUT2D eigenvalue weighted by atomic mass is 16.2. The van der Waals surface area contributed by atoms with Crippen LogP contribution in [0.4, 0.5) is 4.79 Å². The van der Waals surface area contributed by atoms with Crippen molar-refractivity contribution >= 4 is 11.9 Å². The SMILES string of the molecule is C#CCC(C)NCC(=O)NC(N)=O. The molecule has 0 saturated heterocycles. The van der Waals surface area contributed by atoms with Crippen LogP contribution in [0.25, 0.3) is 0 Å². The summed E-state index contributed by atoms with van der Waals surface area (Å²) in [5.74, 6) is 1.98. The van der Waals surface area contributed by atoms with Gasteiger partial charge in [0.15, 0.2) is 0 Å². The van der Waals surface area contributed by atoms with Crippen molar-refractivity contribution in [2.75, 3.05) is 6.54 Å². The second-order valence-corrected chi connectivity index (χ2v) is 2.60. The van der Waals surface area contributed by atoms with E-state index in [1.165, 1.54) is 0 Å². The number of carbonyl (C=O) groups is 2. The zero-order valence-electron chi connectivity index (χ0n) is 7.46. The van der Waals surface area contributed by atoms with Gasteiger partial charge in [-0.3, -0.25) is 10.1 Å². The van der Waals surface area contributed by atoms with Gasteiger partial charge in [-0.15, -0.1) is 12.3 Å². The first-order chi connectivity index (χ1) is 6.06. The number of carbonyl (C=O) groups excluding carboxylic acids is 2. The zero-order chi connectivity index (χ0) is 10.3. The van der Waals surface area contributed by atoms with Crippen molar-refractivity contribution in [3.05, 3.63) is 0 Å². The summed E-state index contributed by atoms with van der Waals surface area (Å²) < 4.78 is 0. The first-order valence-corrected chi connectivity index (χ1v) is 3.82. The van der Waals surface area contributed by atoms with E-state index in [1.807, 2.05) is 12.2 Å². The lowest BCUT2D eigenvalue weighted by atomic mass is 10.2. The lowest BCUT2D eigenvalue weighted by Gasteiger charge is -2.09. The Hall–Kier alpha value is -1.54. The molecule has 4 N–H and O–H groups in total. The maximum atomic E-state index is 10.8. The Morgan fingerprint density at radius 1 is 1.62 bits per heavy atom. The Kier molecular flexibility index (Phi) is 5.32. The molecule has 0 bridgehead atoms. The maximum absolute atomic E-state index is 10.8. The zero-order valence-corrected chi connectivity index (χ0v) is 7.46. The predicted octanol–water partition coefficient (Wildman–Crippen LogP) is -0.817. The van der Waals surface area contributed by atoms with Crippen LogP contribution in [0.15, 0.2) is 0 Å². The number of terminal acetylenes is 1. The van der Waals surface area contributed by atoms with Crippen LogP contribution in [-0.4, -0.2) is 24.5 Å². The molecule has 1 atom stereocenters. The molecule has 0 aliphatic carbocycles. The van der Waals surface area contributed by atoms with Crippen molar-refractivity contribution in [1.29, 1.82) is 0 Å². The van der Waals surface area contributed by atoms with Crippen LogP contribution in [-0.2, 0) is 4.79 Å². The van der Waals surface area contributed by atoms with Crippen LogP contribution in [0, 0.1) is 12.3 Å². The van der Waals surface area contributed by atoms with Gasteiger partial charge in [-0.2, -0.15) is 0 Å². The number of urea groups is 1. The van der Waals surface area contributed by atoms with E-state index in [0.717, 1.165) is 0 Å². The second kappa shape index (κ2) is 6.03. The van der Waals surface area contributed by atoms with Crippen LogP contribution in [0.2, 0.25) is 0 Å². The van der Waals surface area contributed by atoms with Crippen molar-refractivity contribution in [2.45, 2.75) is 19.4 Å².